The molecule has 9 aromatic rings. The fourth-order valence-electron chi connectivity index (χ4n) is 23.9. The van der Waals surface area contributed by atoms with Gasteiger partial charge in [-0.25, -0.2) is 0 Å². The van der Waals surface area contributed by atoms with Crippen molar-refractivity contribution in [2.45, 2.75) is 466 Å². The molecule has 9 heterocycles. The Bertz CT molecular complexity index is 5170. The summed E-state index contributed by atoms with van der Waals surface area (Å²) in [6, 6.07) is 40.5. The highest BCUT2D eigenvalue weighted by Crippen LogP contribution is 2.48. The highest BCUT2D eigenvalue weighted by atomic mass is 32.1. The lowest BCUT2D eigenvalue weighted by Gasteiger charge is -2.28. The van der Waals surface area contributed by atoms with Gasteiger partial charge in [0, 0.05) is 108 Å². The summed E-state index contributed by atoms with van der Waals surface area (Å²) in [6.45, 7) is 21.3. The summed E-state index contributed by atoms with van der Waals surface area (Å²) < 4.78 is 0. The van der Waals surface area contributed by atoms with Crippen LogP contribution in [0.25, 0.3) is 63.3 Å². The second-order valence-corrected chi connectivity index (χ2v) is 48.5. The molecule has 0 saturated heterocycles. The SMILES string of the molecule is CCCCCCCCCCC(CCCCCCCC)CN1C(=O)C(c2cccs2)=c2ccc3c4c(ccc3c21)=C(c1ccc(-c2ccc(-c3ccc(C5=c6ccc7c8c(ccc7c6N(CC(CCCCCCCC)CCCCCCCCCC)C5=O)=C(c5cccs5)C(=O)N8CC(CCCCCCCC)CCCCCCCCCC)s3)s2)s1)C(=O)N4CC(CCCCCCCC)CCCCCCCCCC. The first-order valence-corrected chi connectivity index (χ1v) is 63.0. The van der Waals surface area contributed by atoms with Gasteiger partial charge in [0.2, 0.25) is 0 Å². The number of fused-ring (bicyclic) bond motifs is 10. The highest BCUT2D eigenvalue weighted by molar-refractivity contribution is 7.27. The van der Waals surface area contributed by atoms with E-state index in [-0.39, 0.29) is 23.6 Å². The van der Waals surface area contributed by atoms with Gasteiger partial charge >= 0.3 is 0 Å². The Kier molecular flexibility index (Phi) is 48.8. The number of carbonyl (C=O) groups excluding carboxylic acids is 4. The zero-order valence-electron chi connectivity index (χ0n) is 89.4. The van der Waals surface area contributed by atoms with Crippen LogP contribution < -0.4 is 40.5 Å². The molecule has 770 valence electrons. The molecule has 4 unspecified atom stereocenters. The quantitative estimate of drug-likeness (QED) is 0.0356. The normalized spacial score (nSPS) is 14.6. The molecule has 4 aliphatic heterocycles. The maximum Gasteiger partial charge on any atom is 0.260 e. The number of rotatable bonds is 78. The van der Waals surface area contributed by atoms with E-state index >= 15 is 19.2 Å². The van der Waals surface area contributed by atoms with Gasteiger partial charge in [0.1, 0.15) is 0 Å². The van der Waals surface area contributed by atoms with Gasteiger partial charge in [0.05, 0.1) is 45.0 Å². The molecule has 4 aromatic carbocycles. The molecule has 0 saturated carbocycles. The van der Waals surface area contributed by atoms with E-state index in [1.54, 1.807) is 45.3 Å². The minimum absolute atomic E-state index is 0.106. The molecule has 0 fully saturated rings. The molecule has 0 bridgehead atoms. The Hall–Kier alpha value is -6.74. The van der Waals surface area contributed by atoms with Crippen LogP contribution in [0.1, 0.15) is 486 Å². The lowest BCUT2D eigenvalue weighted by Crippen LogP contribution is -2.34. The first-order valence-electron chi connectivity index (χ1n) is 58.8. The van der Waals surface area contributed by atoms with Crippen molar-refractivity contribution < 1.29 is 19.2 Å². The van der Waals surface area contributed by atoms with Crippen molar-refractivity contribution >= 4 is 147 Å². The fourth-order valence-corrected chi connectivity index (χ4v) is 28.7. The van der Waals surface area contributed by atoms with Gasteiger partial charge in [-0.05, 0) is 134 Å². The topological polar surface area (TPSA) is 81.2 Å². The van der Waals surface area contributed by atoms with Gasteiger partial charge in [-0.1, -0.05) is 476 Å². The first kappa shape index (κ1) is 111. The molecule has 4 amide bonds. The number of anilines is 4. The number of hydrogen-bond donors (Lipinski definition) is 0. The molecule has 0 aliphatic carbocycles. The zero-order chi connectivity index (χ0) is 98.5. The van der Waals surface area contributed by atoms with Crippen LogP contribution in [0, 0.1) is 23.7 Å². The maximum absolute atomic E-state index is 16.5. The highest BCUT2D eigenvalue weighted by Gasteiger charge is 2.41. The number of nitrogens with zero attached hydrogens (tertiary/aromatic N) is 4. The summed E-state index contributed by atoms with van der Waals surface area (Å²) in [7, 11) is 0. The van der Waals surface area contributed by atoms with Crippen LogP contribution in [0.4, 0.5) is 22.7 Å². The fraction of sp³-hybridized carbons (Fsp3) is 0.625. The van der Waals surface area contributed by atoms with E-state index in [9.17, 15) is 0 Å². The van der Waals surface area contributed by atoms with Crippen molar-refractivity contribution in [2.24, 2.45) is 23.7 Å². The molecule has 13 heteroatoms. The third-order valence-electron chi connectivity index (χ3n) is 32.1. The van der Waals surface area contributed by atoms with Crippen molar-refractivity contribution in [3.05, 3.63) is 160 Å². The molecule has 0 spiro atoms. The lowest BCUT2D eigenvalue weighted by molar-refractivity contribution is -0.114. The van der Waals surface area contributed by atoms with E-state index in [2.05, 4.69) is 195 Å². The molecule has 0 N–H and O–H groups in total. The third-order valence-corrected chi connectivity index (χ3v) is 37.6. The monoisotopic (exact) mass is 2000 g/mol. The van der Waals surface area contributed by atoms with Crippen LogP contribution in [0.3, 0.4) is 0 Å². The summed E-state index contributed by atoms with van der Waals surface area (Å²) in [5, 5.41) is 12.7. The van der Waals surface area contributed by atoms with Crippen LogP contribution in [0.15, 0.2) is 120 Å². The number of unbranched alkanes of at least 4 members (excludes halogenated alkanes) is 48. The van der Waals surface area contributed by atoms with E-state index in [1.807, 2.05) is 11.3 Å². The molecular formula is C128H184N4O4S5. The Balaban J connectivity index is 0.863. The van der Waals surface area contributed by atoms with Gasteiger partial charge in [-0.15, -0.1) is 56.7 Å². The summed E-state index contributed by atoms with van der Waals surface area (Å²) in [5.41, 5.74) is 7.39. The molecule has 141 heavy (non-hydrogen) atoms. The number of thiophene rings is 5. The van der Waals surface area contributed by atoms with Gasteiger partial charge in [0.15, 0.2) is 0 Å². The molecular weight excluding hydrogens is 1820 g/mol. The van der Waals surface area contributed by atoms with Gasteiger partial charge in [-0.2, -0.15) is 0 Å². The van der Waals surface area contributed by atoms with Crippen molar-refractivity contribution in [1.29, 1.82) is 0 Å². The standard InChI is InChI=1S/C128H184N4O4S5/c1-9-17-25-33-41-45-53-61-71-97(67-57-49-37-29-21-13-5)93-129-121-101-79-83-107-119(127(135)131(123(107)103(101)77-81-105(121)117(125(129)133)113-75-65-91-137-113)95-99(69-59-51-39-31-23-15-7)73-63-55-47-43-35-27-19-11-3)115-89-87-111(140-115)109-85-86-110(139-109)112-88-90-116(141-112)120-108-84-80-102-104(124(108)132(128(120)136)96-100(70-60-52-40-32-24-16-8)74-64-56-48-44-36-28-20-12-4)78-82-106-118(114-76-66-92-138-114)126(134)130(122(102)106)94-98(68-58-50-38-30-22-14-6)72-62-54-46-42-34-26-18-10-2/h65-66,75-92,97-100H,9-64,67-74,93-96H2,1-8H3. The van der Waals surface area contributed by atoms with Gasteiger partial charge in [0.25, 0.3) is 23.6 Å². The van der Waals surface area contributed by atoms with E-state index in [0.717, 1.165) is 168 Å². The predicted octanol–water partition coefficient (Wildman–Crippen LogP) is 37.4. The van der Waals surface area contributed by atoms with Crippen molar-refractivity contribution in [2.75, 3.05) is 45.8 Å². The average molecular weight is 2000 g/mol. The molecule has 5 aromatic heterocycles. The molecule has 13 rings (SSSR count). The third kappa shape index (κ3) is 31.4. The Morgan fingerprint density at radius 3 is 0.546 bits per heavy atom. The van der Waals surface area contributed by atoms with E-state index in [1.165, 1.54) is 369 Å². The number of carbonyl (C=O) groups is 4. The van der Waals surface area contributed by atoms with Crippen LogP contribution >= 0.6 is 56.7 Å². The van der Waals surface area contributed by atoms with E-state index < -0.39 is 0 Å². The van der Waals surface area contributed by atoms with Crippen LogP contribution in [-0.4, -0.2) is 49.8 Å². The first-order chi connectivity index (χ1) is 69.5. The smallest absolute Gasteiger partial charge is 0.260 e. The zero-order valence-corrected chi connectivity index (χ0v) is 93.5. The van der Waals surface area contributed by atoms with Crippen molar-refractivity contribution in [3.8, 4) is 19.5 Å². The minimum atomic E-state index is 0.106. The number of amides is 4. The number of hydrogen-bond acceptors (Lipinski definition) is 9. The summed E-state index contributed by atoms with van der Waals surface area (Å²) in [4.78, 5) is 82.3. The largest absolute Gasteiger partial charge is 0.307 e. The summed E-state index contributed by atoms with van der Waals surface area (Å²) >= 11 is 8.66. The summed E-state index contributed by atoms with van der Waals surface area (Å²) in [6.07, 6.45) is 80.4. The Morgan fingerprint density at radius 1 is 0.191 bits per heavy atom. The second kappa shape index (κ2) is 61.8. The predicted molar refractivity (Wildman–Crippen MR) is 620 cm³/mol. The average Bonchev–Trinajstić information content (AvgIpc) is 1.56. The van der Waals surface area contributed by atoms with Gasteiger partial charge < -0.3 is 19.6 Å². The van der Waals surface area contributed by atoms with E-state index in [0.29, 0.717) is 49.9 Å². The molecule has 4 atom stereocenters. The Labute approximate surface area is 874 Å². The van der Waals surface area contributed by atoms with Crippen LogP contribution in [0.2, 0.25) is 0 Å². The lowest BCUT2D eigenvalue weighted by atomic mass is 9.92. The van der Waals surface area contributed by atoms with Crippen molar-refractivity contribution in [1.82, 2.24) is 0 Å². The number of benzene rings is 4. The molecule has 4 aliphatic rings. The minimum Gasteiger partial charge on any atom is -0.307 e. The summed E-state index contributed by atoms with van der Waals surface area (Å²) in [5.74, 6) is 1.97. The molecule has 0 radical (unpaired) electrons. The van der Waals surface area contributed by atoms with Crippen LogP contribution in [0.5, 0.6) is 0 Å². The Morgan fingerprint density at radius 2 is 0.362 bits per heavy atom. The molecule has 8 nitrogen and oxygen atoms in total. The maximum atomic E-state index is 16.5. The van der Waals surface area contributed by atoms with Crippen LogP contribution in [-0.2, 0) is 19.2 Å². The second-order valence-electron chi connectivity index (χ2n) is 43.4. The van der Waals surface area contributed by atoms with E-state index in [4.69, 9.17) is 0 Å². The van der Waals surface area contributed by atoms with Crippen molar-refractivity contribution in [3.63, 3.8) is 0 Å². The van der Waals surface area contributed by atoms with Gasteiger partial charge in [-0.3, -0.25) is 19.2 Å².